The third-order valence-corrected chi connectivity index (χ3v) is 5.71. The maximum Gasteiger partial charge on any atom is 0.329 e. The highest BCUT2D eigenvalue weighted by atomic mass is 16.5. The van der Waals surface area contributed by atoms with Gasteiger partial charge < -0.3 is 23.9 Å². The van der Waals surface area contributed by atoms with Crippen molar-refractivity contribution in [3.63, 3.8) is 0 Å². The summed E-state index contributed by atoms with van der Waals surface area (Å²) in [6.45, 7) is 1.84. The van der Waals surface area contributed by atoms with Crippen molar-refractivity contribution in [1.29, 1.82) is 0 Å². The first-order valence-corrected chi connectivity index (χ1v) is 11.4. The maximum atomic E-state index is 12.7. The zero-order valence-electron chi connectivity index (χ0n) is 20.9. The number of methoxy groups -OCH3 is 2. The van der Waals surface area contributed by atoms with E-state index in [1.54, 1.807) is 25.3 Å². The van der Waals surface area contributed by atoms with Gasteiger partial charge in [-0.2, -0.15) is 10.1 Å². The van der Waals surface area contributed by atoms with Gasteiger partial charge in [-0.3, -0.25) is 14.3 Å². The number of aromatic nitrogens is 4. The van der Waals surface area contributed by atoms with Crippen molar-refractivity contribution in [2.75, 3.05) is 26.3 Å². The number of H-pyrrole nitrogens is 1. The van der Waals surface area contributed by atoms with Crippen LogP contribution in [0.2, 0.25) is 0 Å². The SMILES string of the molecule is COc1ccc(/C=N/Nc2nc3c(c(=O)[nH]c(=O)n3C)n2C[C@H](O)COc2ccccc2C)cc1OC. The van der Waals surface area contributed by atoms with Gasteiger partial charge in [-0.1, -0.05) is 18.2 Å². The van der Waals surface area contributed by atoms with Crippen molar-refractivity contribution >= 4 is 23.3 Å². The summed E-state index contributed by atoms with van der Waals surface area (Å²) in [5, 5.41) is 15.0. The molecule has 0 saturated heterocycles. The molecule has 0 radical (unpaired) electrons. The first-order chi connectivity index (χ1) is 17.8. The summed E-state index contributed by atoms with van der Waals surface area (Å²) in [4.78, 5) is 31.5. The summed E-state index contributed by atoms with van der Waals surface area (Å²) < 4.78 is 19.0. The standard InChI is InChI=1S/C25H28N6O6/c1-15-7-5-6-8-18(15)37-14-17(32)13-31-21-22(30(2)25(34)28-23(21)33)27-24(31)29-26-12-16-9-10-19(35-3)20(11-16)36-4/h5-12,17,32H,13-14H2,1-4H3,(H,27,29)(H,28,33,34)/b26-12+/t17-/m0/s1. The summed E-state index contributed by atoms with van der Waals surface area (Å²) in [5.74, 6) is 1.93. The van der Waals surface area contributed by atoms with E-state index < -0.39 is 17.4 Å². The molecule has 0 fully saturated rings. The number of para-hydroxylation sites is 1. The van der Waals surface area contributed by atoms with E-state index in [1.807, 2.05) is 31.2 Å². The fraction of sp³-hybridized carbons (Fsp3) is 0.280. The highest BCUT2D eigenvalue weighted by Gasteiger charge is 2.20. The molecule has 0 aliphatic heterocycles. The lowest BCUT2D eigenvalue weighted by atomic mass is 10.2. The lowest BCUT2D eigenvalue weighted by molar-refractivity contribution is 0.0935. The van der Waals surface area contributed by atoms with Gasteiger partial charge in [0.05, 0.1) is 27.0 Å². The van der Waals surface area contributed by atoms with Crippen LogP contribution >= 0.6 is 0 Å². The Hall–Kier alpha value is -4.58. The van der Waals surface area contributed by atoms with Crippen LogP contribution in [0, 0.1) is 6.92 Å². The van der Waals surface area contributed by atoms with Gasteiger partial charge in [0, 0.05) is 7.05 Å². The number of aryl methyl sites for hydroxylation is 2. The Morgan fingerprint density at radius 2 is 1.89 bits per heavy atom. The van der Waals surface area contributed by atoms with Gasteiger partial charge in [-0.15, -0.1) is 0 Å². The lowest BCUT2D eigenvalue weighted by Gasteiger charge is -2.16. The van der Waals surface area contributed by atoms with E-state index in [0.717, 1.165) is 5.56 Å². The third kappa shape index (κ3) is 5.48. The number of aromatic amines is 1. The summed E-state index contributed by atoms with van der Waals surface area (Å²) >= 11 is 0. The largest absolute Gasteiger partial charge is 0.493 e. The van der Waals surface area contributed by atoms with Crippen LogP contribution in [0.3, 0.4) is 0 Å². The molecule has 0 aliphatic rings. The van der Waals surface area contributed by atoms with Gasteiger partial charge in [0.15, 0.2) is 22.7 Å². The van der Waals surface area contributed by atoms with Crippen molar-refractivity contribution in [2.24, 2.45) is 12.1 Å². The van der Waals surface area contributed by atoms with Gasteiger partial charge in [-0.05, 0) is 42.3 Å². The van der Waals surface area contributed by atoms with E-state index in [4.69, 9.17) is 14.2 Å². The highest BCUT2D eigenvalue weighted by molar-refractivity contribution is 5.82. The number of hydrogen-bond donors (Lipinski definition) is 3. The molecular formula is C25H28N6O6. The van der Waals surface area contributed by atoms with E-state index in [0.29, 0.717) is 22.8 Å². The van der Waals surface area contributed by atoms with Crippen molar-refractivity contribution < 1.29 is 19.3 Å². The van der Waals surface area contributed by atoms with Crippen molar-refractivity contribution in [3.8, 4) is 17.2 Å². The first-order valence-electron chi connectivity index (χ1n) is 11.4. The molecule has 2 aromatic heterocycles. The molecule has 4 aromatic rings. The normalized spacial score (nSPS) is 12.1. The molecule has 2 heterocycles. The number of imidazole rings is 1. The zero-order chi connectivity index (χ0) is 26.5. The monoisotopic (exact) mass is 508 g/mol. The molecule has 194 valence electrons. The minimum Gasteiger partial charge on any atom is -0.493 e. The number of aliphatic hydroxyl groups is 1. The molecule has 3 N–H and O–H groups in total. The molecule has 2 aromatic carbocycles. The van der Waals surface area contributed by atoms with Crippen LogP contribution in [-0.4, -0.2) is 57.4 Å². The number of nitrogens with zero attached hydrogens (tertiary/aromatic N) is 4. The van der Waals surface area contributed by atoms with Crippen LogP contribution in [0.1, 0.15) is 11.1 Å². The van der Waals surface area contributed by atoms with Crippen LogP contribution in [0.25, 0.3) is 11.2 Å². The predicted octanol–water partition coefficient (Wildman–Crippen LogP) is 1.63. The number of fused-ring (bicyclic) bond motifs is 1. The highest BCUT2D eigenvalue weighted by Crippen LogP contribution is 2.27. The van der Waals surface area contributed by atoms with E-state index >= 15 is 0 Å². The van der Waals surface area contributed by atoms with E-state index in [2.05, 4.69) is 20.5 Å². The summed E-state index contributed by atoms with van der Waals surface area (Å²) in [6.07, 6.45) is 0.538. The maximum absolute atomic E-state index is 12.7. The summed E-state index contributed by atoms with van der Waals surface area (Å²) in [7, 11) is 4.58. The molecule has 12 heteroatoms. The Bertz CT molecular complexity index is 1550. The fourth-order valence-corrected chi connectivity index (χ4v) is 3.76. The molecule has 0 bridgehead atoms. The van der Waals surface area contributed by atoms with Crippen LogP contribution in [-0.2, 0) is 13.6 Å². The van der Waals surface area contributed by atoms with Crippen LogP contribution < -0.4 is 30.9 Å². The number of nitrogens with one attached hydrogen (secondary N) is 2. The summed E-state index contributed by atoms with van der Waals surface area (Å²) in [6, 6.07) is 12.7. The van der Waals surface area contributed by atoms with Crippen LogP contribution in [0.4, 0.5) is 5.95 Å². The number of hydrogen-bond acceptors (Lipinski definition) is 9. The molecular weight excluding hydrogens is 480 g/mol. The Kier molecular flexibility index (Phi) is 7.58. The molecule has 0 aliphatic carbocycles. The Labute approximate surface area is 211 Å². The number of rotatable bonds is 10. The number of anilines is 1. The number of benzene rings is 2. The molecule has 1 atom stereocenters. The smallest absolute Gasteiger partial charge is 0.329 e. The molecule has 0 spiro atoms. The molecule has 37 heavy (non-hydrogen) atoms. The molecule has 0 unspecified atom stereocenters. The quantitative estimate of drug-likeness (QED) is 0.217. The fourth-order valence-electron chi connectivity index (χ4n) is 3.76. The molecule has 0 saturated carbocycles. The Morgan fingerprint density at radius 3 is 2.62 bits per heavy atom. The topological polar surface area (TPSA) is 145 Å². The third-order valence-electron chi connectivity index (χ3n) is 5.71. The number of ether oxygens (including phenoxy) is 3. The van der Waals surface area contributed by atoms with Gasteiger partial charge in [0.2, 0.25) is 5.95 Å². The van der Waals surface area contributed by atoms with Gasteiger partial charge >= 0.3 is 5.69 Å². The summed E-state index contributed by atoms with van der Waals surface area (Å²) in [5.41, 5.74) is 3.47. The van der Waals surface area contributed by atoms with Crippen LogP contribution in [0.15, 0.2) is 57.2 Å². The van der Waals surface area contributed by atoms with Gasteiger partial charge in [0.1, 0.15) is 18.5 Å². The molecule has 4 rings (SSSR count). The van der Waals surface area contributed by atoms with Crippen molar-refractivity contribution in [1.82, 2.24) is 19.1 Å². The molecule has 0 amide bonds. The lowest BCUT2D eigenvalue weighted by Crippen LogP contribution is -2.30. The first kappa shape index (κ1) is 25.5. The Balaban J connectivity index is 1.62. The number of hydrazone groups is 1. The van der Waals surface area contributed by atoms with E-state index in [1.165, 1.54) is 29.5 Å². The van der Waals surface area contributed by atoms with Gasteiger partial charge in [-0.25, -0.2) is 10.2 Å². The number of aliphatic hydroxyl groups excluding tert-OH is 1. The molecule has 12 nitrogen and oxygen atoms in total. The second-order valence-corrected chi connectivity index (χ2v) is 8.25. The second-order valence-electron chi connectivity index (χ2n) is 8.25. The predicted molar refractivity (Wildman–Crippen MR) is 139 cm³/mol. The second kappa shape index (κ2) is 11.0. The Morgan fingerprint density at radius 1 is 1.14 bits per heavy atom. The van der Waals surface area contributed by atoms with Crippen LogP contribution in [0.5, 0.6) is 17.2 Å². The van der Waals surface area contributed by atoms with Crippen molar-refractivity contribution in [3.05, 3.63) is 74.4 Å². The zero-order valence-corrected chi connectivity index (χ0v) is 20.9. The minimum atomic E-state index is -0.996. The van der Waals surface area contributed by atoms with Crippen molar-refractivity contribution in [2.45, 2.75) is 19.6 Å². The van der Waals surface area contributed by atoms with E-state index in [9.17, 15) is 14.7 Å². The van der Waals surface area contributed by atoms with E-state index in [-0.39, 0.29) is 30.3 Å². The average molecular weight is 509 g/mol. The van der Waals surface area contributed by atoms with Gasteiger partial charge in [0.25, 0.3) is 5.56 Å². The minimum absolute atomic E-state index is 0.0253. The average Bonchev–Trinajstić information content (AvgIpc) is 3.25.